The normalized spacial score (nSPS) is 20.3. The first-order valence-electron chi connectivity index (χ1n) is 17.2. The molecule has 4 heterocycles. The molecular formula is C37H42F5N5O4. The number of aromatic nitrogens is 1. The number of amides is 2. The molecule has 0 saturated carbocycles. The Balaban J connectivity index is 1.06. The van der Waals surface area contributed by atoms with Gasteiger partial charge in [0, 0.05) is 74.8 Å². The van der Waals surface area contributed by atoms with E-state index in [0.29, 0.717) is 84.6 Å². The van der Waals surface area contributed by atoms with Crippen molar-refractivity contribution in [2.45, 2.75) is 77.0 Å². The summed E-state index contributed by atoms with van der Waals surface area (Å²) in [5.41, 5.74) is 1.83. The van der Waals surface area contributed by atoms with E-state index in [4.69, 9.17) is 0 Å². The Morgan fingerprint density at radius 3 is 2.31 bits per heavy atom. The molecule has 51 heavy (non-hydrogen) atoms. The summed E-state index contributed by atoms with van der Waals surface area (Å²) in [5, 5.41) is 5.25. The zero-order valence-electron chi connectivity index (χ0n) is 28.8. The number of nitrogens with one attached hydrogen (secondary N) is 2. The Labute approximate surface area is 292 Å². The van der Waals surface area contributed by atoms with Gasteiger partial charge in [0.2, 0.25) is 11.8 Å². The van der Waals surface area contributed by atoms with Crippen LogP contribution in [-0.2, 0) is 23.2 Å². The molecule has 9 nitrogen and oxygen atoms in total. The first-order chi connectivity index (χ1) is 24.1. The van der Waals surface area contributed by atoms with E-state index in [1.807, 2.05) is 9.80 Å². The van der Waals surface area contributed by atoms with Crippen LogP contribution < -0.4 is 25.8 Å². The van der Waals surface area contributed by atoms with E-state index in [9.17, 15) is 27.6 Å². The van der Waals surface area contributed by atoms with Gasteiger partial charge in [-0.2, -0.15) is 0 Å². The van der Waals surface area contributed by atoms with Crippen molar-refractivity contribution in [2.24, 2.45) is 13.0 Å². The maximum atomic E-state index is 16.4. The number of carbonyl (C=O) groups is 2. The van der Waals surface area contributed by atoms with Crippen molar-refractivity contribution in [3.05, 3.63) is 75.5 Å². The number of alkyl halides is 4. The first kappa shape index (κ1) is 36.3. The number of nitrogens with zero attached hydrogens (tertiary/aromatic N) is 3. The van der Waals surface area contributed by atoms with E-state index < -0.39 is 29.8 Å². The molecular weight excluding hydrogens is 673 g/mol. The molecule has 3 aliphatic rings. The molecule has 6 rings (SSSR count). The highest BCUT2D eigenvalue weighted by Crippen LogP contribution is 2.42. The monoisotopic (exact) mass is 715 g/mol. The number of likely N-dealkylation sites (tertiary alicyclic amines) is 1. The standard InChI is InChI=1S/C37H42F5N5O4/c1-22-23(2)35(50)45(3)21-28(22)24-4-5-25(32(18-24)51-37(40,41)42)20-46-16-12-36(39,13-17-46)26-10-14-47(15-11-26)31-8-6-27(19-29(31)38)43-30-7-9-33(48)44-34(30)49/h4-6,8,18-19,21,26,30,43H,7,9-17,20H2,1-3H3,(H,44,48,49). The van der Waals surface area contributed by atoms with Gasteiger partial charge in [-0.05, 0) is 87.3 Å². The Morgan fingerprint density at radius 1 is 0.961 bits per heavy atom. The van der Waals surface area contributed by atoms with E-state index in [2.05, 4.69) is 15.4 Å². The zero-order chi connectivity index (χ0) is 36.7. The van der Waals surface area contributed by atoms with Gasteiger partial charge in [-0.3, -0.25) is 24.6 Å². The summed E-state index contributed by atoms with van der Waals surface area (Å²) in [6, 6.07) is 8.68. The van der Waals surface area contributed by atoms with Crippen LogP contribution in [0.4, 0.5) is 33.3 Å². The Hall–Kier alpha value is -4.46. The molecule has 3 aromatic rings. The van der Waals surface area contributed by atoms with Crippen molar-refractivity contribution in [3.63, 3.8) is 0 Å². The number of imide groups is 1. The predicted octanol–water partition coefficient (Wildman–Crippen LogP) is 6.14. The van der Waals surface area contributed by atoms with Crippen molar-refractivity contribution >= 4 is 23.2 Å². The van der Waals surface area contributed by atoms with Crippen LogP contribution in [0, 0.1) is 25.6 Å². The number of hydrogen-bond acceptors (Lipinski definition) is 7. The fourth-order valence-electron chi connectivity index (χ4n) is 7.59. The topological polar surface area (TPSA) is 95.9 Å². The molecule has 3 saturated heterocycles. The molecule has 2 aromatic carbocycles. The molecule has 3 fully saturated rings. The van der Waals surface area contributed by atoms with Gasteiger partial charge < -0.3 is 19.5 Å². The second-order valence-corrected chi connectivity index (χ2v) is 14.0. The summed E-state index contributed by atoms with van der Waals surface area (Å²) in [6.07, 6.45) is -1.26. The maximum absolute atomic E-state index is 16.4. The summed E-state index contributed by atoms with van der Waals surface area (Å²) in [5.74, 6) is -1.80. The van der Waals surface area contributed by atoms with E-state index in [0.717, 1.165) is 0 Å². The molecule has 14 heteroatoms. The van der Waals surface area contributed by atoms with Crippen LogP contribution in [0.2, 0.25) is 0 Å². The number of anilines is 2. The Kier molecular flexibility index (Phi) is 10.2. The van der Waals surface area contributed by atoms with Crippen molar-refractivity contribution in [2.75, 3.05) is 36.4 Å². The van der Waals surface area contributed by atoms with Gasteiger partial charge >= 0.3 is 6.36 Å². The molecule has 2 N–H and O–H groups in total. The summed E-state index contributed by atoms with van der Waals surface area (Å²) < 4.78 is 78.0. The second-order valence-electron chi connectivity index (χ2n) is 14.0. The van der Waals surface area contributed by atoms with Crippen molar-refractivity contribution in [3.8, 4) is 16.9 Å². The number of aryl methyl sites for hydroxylation is 1. The van der Waals surface area contributed by atoms with Crippen molar-refractivity contribution < 1.29 is 36.3 Å². The van der Waals surface area contributed by atoms with Crippen LogP contribution in [0.25, 0.3) is 11.1 Å². The van der Waals surface area contributed by atoms with Crippen LogP contribution in [0.15, 0.2) is 47.4 Å². The maximum Gasteiger partial charge on any atom is 0.573 e. The highest BCUT2D eigenvalue weighted by Gasteiger charge is 2.43. The number of carbonyl (C=O) groups excluding carboxylic acids is 2. The lowest BCUT2D eigenvalue weighted by Gasteiger charge is -2.44. The SMILES string of the molecule is Cc1c(-c2ccc(CN3CCC(F)(C4CCN(c5ccc(NC6CCC(=O)NC6=O)cc5F)CC4)CC3)c(OC(F)(F)F)c2)cn(C)c(=O)c1C. The van der Waals surface area contributed by atoms with Gasteiger partial charge in [-0.15, -0.1) is 13.2 Å². The summed E-state index contributed by atoms with van der Waals surface area (Å²) in [7, 11) is 1.59. The van der Waals surface area contributed by atoms with Gasteiger partial charge in [0.15, 0.2) is 0 Å². The Bertz CT molecular complexity index is 1860. The van der Waals surface area contributed by atoms with Gasteiger partial charge in [0.05, 0.1) is 5.69 Å². The molecule has 1 atom stereocenters. The molecule has 0 aliphatic carbocycles. The zero-order valence-corrected chi connectivity index (χ0v) is 28.8. The quantitative estimate of drug-likeness (QED) is 0.214. The van der Waals surface area contributed by atoms with Crippen LogP contribution in [0.3, 0.4) is 0 Å². The Morgan fingerprint density at radius 2 is 1.67 bits per heavy atom. The lowest BCUT2D eigenvalue weighted by Crippen LogP contribution is -2.49. The lowest BCUT2D eigenvalue weighted by molar-refractivity contribution is -0.275. The number of rotatable bonds is 8. The second kappa shape index (κ2) is 14.3. The lowest BCUT2D eigenvalue weighted by atomic mass is 9.76. The third kappa shape index (κ3) is 8.05. The van der Waals surface area contributed by atoms with E-state index in [1.54, 1.807) is 51.4 Å². The van der Waals surface area contributed by atoms with Crippen molar-refractivity contribution in [1.29, 1.82) is 0 Å². The molecule has 0 radical (unpaired) electrons. The number of benzene rings is 2. The van der Waals surface area contributed by atoms with Crippen molar-refractivity contribution in [1.82, 2.24) is 14.8 Å². The number of piperidine rings is 3. The minimum absolute atomic E-state index is 0.152. The van der Waals surface area contributed by atoms with Crippen LogP contribution >= 0.6 is 0 Å². The van der Waals surface area contributed by atoms with E-state index >= 15 is 8.78 Å². The van der Waals surface area contributed by atoms with Crippen LogP contribution in [0.5, 0.6) is 5.75 Å². The number of halogens is 5. The minimum atomic E-state index is -4.91. The molecule has 1 aromatic heterocycles. The molecule has 3 aliphatic heterocycles. The average Bonchev–Trinajstić information content (AvgIpc) is 3.08. The predicted molar refractivity (Wildman–Crippen MR) is 183 cm³/mol. The smallest absolute Gasteiger partial charge is 0.405 e. The summed E-state index contributed by atoms with van der Waals surface area (Å²) >= 11 is 0. The summed E-state index contributed by atoms with van der Waals surface area (Å²) in [6.45, 7) is 5.24. The summed E-state index contributed by atoms with van der Waals surface area (Å²) in [4.78, 5) is 39.6. The number of pyridine rings is 1. The van der Waals surface area contributed by atoms with E-state index in [1.165, 1.54) is 16.7 Å². The fourth-order valence-corrected chi connectivity index (χ4v) is 7.59. The highest BCUT2D eigenvalue weighted by atomic mass is 19.4. The number of ether oxygens (including phenoxy) is 1. The number of hydrogen-bond donors (Lipinski definition) is 2. The van der Waals surface area contributed by atoms with Crippen LogP contribution in [-0.4, -0.2) is 65.5 Å². The van der Waals surface area contributed by atoms with Gasteiger partial charge in [-0.1, -0.05) is 12.1 Å². The molecule has 2 amide bonds. The van der Waals surface area contributed by atoms with Gasteiger partial charge in [0.1, 0.15) is 23.3 Å². The molecule has 274 valence electrons. The van der Waals surface area contributed by atoms with Gasteiger partial charge in [0.25, 0.3) is 5.56 Å². The largest absolute Gasteiger partial charge is 0.573 e. The van der Waals surface area contributed by atoms with Gasteiger partial charge in [-0.25, -0.2) is 8.78 Å². The third-order valence-corrected chi connectivity index (χ3v) is 10.7. The first-order valence-corrected chi connectivity index (χ1v) is 17.2. The fraction of sp³-hybridized carbons (Fsp3) is 0.486. The molecule has 0 spiro atoms. The molecule has 0 bridgehead atoms. The molecule has 1 unspecified atom stereocenters. The minimum Gasteiger partial charge on any atom is -0.405 e. The average molecular weight is 716 g/mol. The van der Waals surface area contributed by atoms with E-state index in [-0.39, 0.29) is 48.9 Å². The third-order valence-electron chi connectivity index (χ3n) is 10.7. The highest BCUT2D eigenvalue weighted by molar-refractivity contribution is 6.01. The van der Waals surface area contributed by atoms with Crippen LogP contribution in [0.1, 0.15) is 55.2 Å².